The third kappa shape index (κ3) is 3.44. The Labute approximate surface area is 184 Å². The van der Waals surface area contributed by atoms with Crippen molar-refractivity contribution >= 4 is 5.78 Å². The summed E-state index contributed by atoms with van der Waals surface area (Å²) in [5.74, 6) is 2.01. The van der Waals surface area contributed by atoms with Crippen molar-refractivity contribution in [1.82, 2.24) is 9.78 Å². The number of carbonyl (C=O) groups is 1. The van der Waals surface area contributed by atoms with Crippen molar-refractivity contribution in [2.75, 3.05) is 0 Å². The lowest BCUT2D eigenvalue weighted by molar-refractivity contribution is -0.134. The van der Waals surface area contributed by atoms with E-state index in [0.29, 0.717) is 35.7 Å². The summed E-state index contributed by atoms with van der Waals surface area (Å²) < 4.78 is 16.9. The molecule has 0 radical (unpaired) electrons. The van der Waals surface area contributed by atoms with Crippen molar-refractivity contribution in [1.29, 1.82) is 5.26 Å². The molecule has 5 rings (SSSR count). The van der Waals surface area contributed by atoms with Crippen LogP contribution in [0.5, 0.6) is 0 Å². The van der Waals surface area contributed by atoms with E-state index < -0.39 is 17.7 Å². The Morgan fingerprint density at radius 1 is 1.26 bits per heavy atom. The highest BCUT2D eigenvalue weighted by atomic mass is 19.1. The highest BCUT2D eigenvalue weighted by Crippen LogP contribution is 2.65. The Balaban J connectivity index is 1.34. The van der Waals surface area contributed by atoms with Gasteiger partial charge >= 0.3 is 0 Å². The fourth-order valence-corrected chi connectivity index (χ4v) is 8.39. The Hall–Kier alpha value is -1.74. The Morgan fingerprint density at radius 3 is 2.77 bits per heavy atom. The third-order valence-electron chi connectivity index (χ3n) is 9.65. The van der Waals surface area contributed by atoms with E-state index >= 15 is 4.39 Å². The zero-order valence-corrected chi connectivity index (χ0v) is 18.6. The fraction of sp³-hybridized carbons (Fsp3) is 0.800. The smallest absolute Gasteiger partial charge is 0.160 e. The van der Waals surface area contributed by atoms with Gasteiger partial charge in [0.1, 0.15) is 12.2 Å². The van der Waals surface area contributed by atoms with Crippen LogP contribution >= 0.6 is 0 Å². The molecule has 0 aromatic carbocycles. The molecule has 4 aliphatic rings. The maximum absolute atomic E-state index is 15.4. The number of fused-ring (bicyclic) bond motifs is 5. The van der Waals surface area contributed by atoms with Gasteiger partial charge in [0.15, 0.2) is 5.78 Å². The number of aliphatic hydroxyl groups is 1. The van der Waals surface area contributed by atoms with E-state index in [2.05, 4.69) is 12.0 Å². The molecule has 1 N–H and O–H groups in total. The summed E-state index contributed by atoms with van der Waals surface area (Å²) in [4.78, 5) is 13.2. The maximum Gasteiger partial charge on any atom is 0.160 e. The molecule has 5 nitrogen and oxygen atoms in total. The average molecular weight is 428 g/mol. The monoisotopic (exact) mass is 427 g/mol. The standard InChI is InChI=1S/C25H34FN3O2/c1-24(31)7-5-17-16(10-24)3-4-19-18(17)6-8-25(2)20(19)9-21(26)23(25)22(30)14-29-13-15(11-27)12-28-29/h12-13,16-21,23,31H,3-10,14H2,1-2H3/t16-,17+,18?,19?,20?,21+,23?,24-,25+/m1/s1. The SMILES string of the molecule is C[C@@]1(O)CC[C@@H]2C3CC[C@@]4(C)C(C[C@H](F)C4C(=O)Cn4cc(C#N)cn4)C3CC[C@@H]2C1. The van der Waals surface area contributed by atoms with Gasteiger partial charge in [0.25, 0.3) is 0 Å². The van der Waals surface area contributed by atoms with Crippen LogP contribution < -0.4 is 0 Å². The van der Waals surface area contributed by atoms with Crippen molar-refractivity contribution in [3.8, 4) is 6.07 Å². The lowest BCUT2D eigenvalue weighted by Crippen LogP contribution is -2.51. The average Bonchev–Trinajstić information content (AvgIpc) is 3.27. The van der Waals surface area contributed by atoms with Crippen LogP contribution in [0.25, 0.3) is 0 Å². The molecule has 6 heteroatoms. The molecule has 31 heavy (non-hydrogen) atoms. The van der Waals surface area contributed by atoms with E-state index in [-0.39, 0.29) is 23.7 Å². The number of halogens is 1. The van der Waals surface area contributed by atoms with Crippen LogP contribution in [-0.2, 0) is 11.3 Å². The summed E-state index contributed by atoms with van der Waals surface area (Å²) in [5, 5.41) is 23.7. The van der Waals surface area contributed by atoms with Gasteiger partial charge < -0.3 is 5.11 Å². The molecule has 4 unspecified atom stereocenters. The quantitative estimate of drug-likeness (QED) is 0.780. The first-order valence-electron chi connectivity index (χ1n) is 12.0. The minimum atomic E-state index is -1.09. The Kier molecular flexibility index (Phi) is 5.04. The number of nitrogens with zero attached hydrogens (tertiary/aromatic N) is 3. The van der Waals surface area contributed by atoms with Crippen molar-refractivity contribution in [2.24, 2.45) is 40.9 Å². The molecule has 168 valence electrons. The molecule has 4 fully saturated rings. The lowest BCUT2D eigenvalue weighted by atomic mass is 9.49. The molecule has 9 atom stereocenters. The largest absolute Gasteiger partial charge is 0.390 e. The van der Waals surface area contributed by atoms with Gasteiger partial charge in [0, 0.05) is 6.20 Å². The first-order valence-corrected chi connectivity index (χ1v) is 12.0. The van der Waals surface area contributed by atoms with Crippen LogP contribution in [0, 0.1) is 52.3 Å². The zero-order valence-electron chi connectivity index (χ0n) is 18.6. The van der Waals surface area contributed by atoms with Crippen LogP contribution in [0.3, 0.4) is 0 Å². The molecule has 4 saturated carbocycles. The van der Waals surface area contributed by atoms with Gasteiger partial charge in [-0.2, -0.15) is 10.4 Å². The number of hydrogen-bond donors (Lipinski definition) is 1. The molecule has 1 aromatic rings. The van der Waals surface area contributed by atoms with Crippen LogP contribution in [0.15, 0.2) is 12.4 Å². The highest BCUT2D eigenvalue weighted by molar-refractivity contribution is 5.82. The zero-order chi connectivity index (χ0) is 22.0. The van der Waals surface area contributed by atoms with Gasteiger partial charge in [-0.05, 0) is 93.3 Å². The first-order chi connectivity index (χ1) is 14.7. The number of rotatable bonds is 3. The van der Waals surface area contributed by atoms with Crippen molar-refractivity contribution in [2.45, 2.75) is 83.5 Å². The minimum Gasteiger partial charge on any atom is -0.390 e. The first kappa shape index (κ1) is 21.1. The van der Waals surface area contributed by atoms with Gasteiger partial charge in [0.2, 0.25) is 0 Å². The van der Waals surface area contributed by atoms with Gasteiger partial charge in [-0.3, -0.25) is 9.48 Å². The summed E-state index contributed by atoms with van der Waals surface area (Å²) >= 11 is 0. The Bertz CT molecular complexity index is 905. The number of ketones is 1. The van der Waals surface area contributed by atoms with E-state index in [4.69, 9.17) is 5.26 Å². The molecule has 0 aliphatic heterocycles. The molecule has 0 spiro atoms. The van der Waals surface area contributed by atoms with E-state index in [1.165, 1.54) is 10.9 Å². The normalized spacial score (nSPS) is 46.5. The van der Waals surface area contributed by atoms with Crippen LogP contribution in [0.4, 0.5) is 4.39 Å². The maximum atomic E-state index is 15.4. The summed E-state index contributed by atoms with van der Waals surface area (Å²) in [6, 6.07) is 2.03. The second kappa shape index (κ2) is 7.40. The molecule has 0 saturated heterocycles. The van der Waals surface area contributed by atoms with Gasteiger partial charge in [-0.1, -0.05) is 6.92 Å². The molecule has 0 amide bonds. The third-order valence-corrected chi connectivity index (χ3v) is 9.65. The van der Waals surface area contributed by atoms with E-state index in [1.54, 1.807) is 6.20 Å². The van der Waals surface area contributed by atoms with Gasteiger partial charge in [-0.25, -0.2) is 4.39 Å². The van der Waals surface area contributed by atoms with E-state index in [0.717, 1.165) is 44.9 Å². The number of carbonyl (C=O) groups excluding carboxylic acids is 1. The second-order valence-electron chi connectivity index (χ2n) is 11.5. The van der Waals surface area contributed by atoms with Crippen LogP contribution in [0.1, 0.15) is 70.8 Å². The summed E-state index contributed by atoms with van der Waals surface area (Å²) in [5.41, 5.74) is -0.385. The predicted octanol–water partition coefficient (Wildman–Crippen LogP) is 4.29. The number of Topliss-reactive ketones (excluding diaryl/α,β-unsaturated/α-hetero) is 1. The van der Waals surface area contributed by atoms with E-state index in [9.17, 15) is 9.90 Å². The molecular weight excluding hydrogens is 393 g/mol. The summed E-state index contributed by atoms with van der Waals surface area (Å²) in [7, 11) is 0. The predicted molar refractivity (Wildman–Crippen MR) is 113 cm³/mol. The summed E-state index contributed by atoms with van der Waals surface area (Å²) in [6.07, 6.45) is 9.54. The van der Waals surface area contributed by atoms with Crippen molar-refractivity contribution in [3.05, 3.63) is 18.0 Å². The second-order valence-corrected chi connectivity index (χ2v) is 11.5. The summed E-state index contributed by atoms with van der Waals surface area (Å²) in [6.45, 7) is 4.19. The van der Waals surface area contributed by atoms with Crippen LogP contribution in [0.2, 0.25) is 0 Å². The topological polar surface area (TPSA) is 78.9 Å². The van der Waals surface area contributed by atoms with Crippen LogP contribution in [-0.4, -0.2) is 32.4 Å². The number of aromatic nitrogens is 2. The molecule has 0 bridgehead atoms. The van der Waals surface area contributed by atoms with Crippen molar-refractivity contribution < 1.29 is 14.3 Å². The molecule has 1 aromatic heterocycles. The van der Waals surface area contributed by atoms with Gasteiger partial charge in [-0.15, -0.1) is 0 Å². The minimum absolute atomic E-state index is 0.0446. The molecule has 4 aliphatic carbocycles. The number of hydrogen-bond acceptors (Lipinski definition) is 4. The lowest BCUT2D eigenvalue weighted by Gasteiger charge is -2.56. The Morgan fingerprint density at radius 2 is 2.03 bits per heavy atom. The van der Waals surface area contributed by atoms with E-state index in [1.807, 2.05) is 13.0 Å². The highest BCUT2D eigenvalue weighted by Gasteiger charge is 2.62. The fourth-order valence-electron chi connectivity index (χ4n) is 8.39. The molecular formula is C25H34FN3O2. The number of alkyl halides is 1. The van der Waals surface area contributed by atoms with Crippen molar-refractivity contribution in [3.63, 3.8) is 0 Å². The number of nitriles is 1. The molecule has 1 heterocycles. The van der Waals surface area contributed by atoms with Gasteiger partial charge in [0.05, 0.1) is 29.8 Å².